The summed E-state index contributed by atoms with van der Waals surface area (Å²) in [5.74, 6) is -0.494. The zero-order valence-corrected chi connectivity index (χ0v) is 13.4. The number of hydrogen-bond acceptors (Lipinski definition) is 5. The Kier molecular flexibility index (Phi) is 3.70. The number of hydrogen-bond donors (Lipinski definition) is 0. The molecule has 0 fully saturated rings. The van der Waals surface area contributed by atoms with Crippen LogP contribution in [0.15, 0.2) is 32.8 Å². The molecule has 0 aliphatic heterocycles. The van der Waals surface area contributed by atoms with Crippen LogP contribution in [0.2, 0.25) is 0 Å². The molecule has 0 N–H and O–H groups in total. The highest BCUT2D eigenvalue weighted by Gasteiger charge is 2.15. The first-order valence-corrected chi connectivity index (χ1v) is 7.92. The normalized spacial score (nSPS) is 11.5. The van der Waals surface area contributed by atoms with Crippen LogP contribution >= 0.6 is 11.3 Å². The third kappa shape index (κ3) is 2.62. The fourth-order valence-corrected chi connectivity index (χ4v) is 2.95. The average Bonchev–Trinajstić information content (AvgIpc) is 3.02. The van der Waals surface area contributed by atoms with Crippen molar-refractivity contribution in [3.8, 4) is 0 Å². The molecule has 0 spiro atoms. The van der Waals surface area contributed by atoms with Gasteiger partial charge in [0.2, 0.25) is 0 Å². The number of Topliss-reactive ketones (excluding diaryl/α,β-unsaturated/α-hetero) is 1. The van der Waals surface area contributed by atoms with Crippen molar-refractivity contribution in [3.05, 3.63) is 50.4 Å². The SMILES string of the molecule is Cc1nc(Cn2c(=O)oc3cc(C(=O)C(C)C)ccc32)cs1. The minimum absolute atomic E-state index is 0.0347. The molecule has 0 unspecified atom stereocenters. The van der Waals surface area contributed by atoms with Crippen LogP contribution in [0.5, 0.6) is 0 Å². The Bertz CT molecular complexity index is 902. The van der Waals surface area contributed by atoms with E-state index in [0.29, 0.717) is 23.2 Å². The molecule has 2 heterocycles. The van der Waals surface area contributed by atoms with Gasteiger partial charge in [0.05, 0.1) is 22.8 Å². The molecule has 22 heavy (non-hydrogen) atoms. The fraction of sp³-hybridized carbons (Fsp3) is 0.312. The van der Waals surface area contributed by atoms with Crippen LogP contribution in [-0.4, -0.2) is 15.3 Å². The van der Waals surface area contributed by atoms with E-state index < -0.39 is 5.76 Å². The number of ketones is 1. The maximum Gasteiger partial charge on any atom is 0.420 e. The summed E-state index contributed by atoms with van der Waals surface area (Å²) < 4.78 is 6.81. The smallest absolute Gasteiger partial charge is 0.408 e. The van der Waals surface area contributed by atoms with Gasteiger partial charge >= 0.3 is 5.76 Å². The number of fused-ring (bicyclic) bond motifs is 1. The van der Waals surface area contributed by atoms with Crippen LogP contribution in [0.1, 0.15) is 34.9 Å². The van der Waals surface area contributed by atoms with Gasteiger partial charge in [-0.05, 0) is 25.1 Å². The van der Waals surface area contributed by atoms with E-state index in [1.54, 1.807) is 29.5 Å². The molecular formula is C16H16N2O3S. The van der Waals surface area contributed by atoms with Crippen molar-refractivity contribution in [1.82, 2.24) is 9.55 Å². The molecule has 0 saturated carbocycles. The van der Waals surface area contributed by atoms with Crippen molar-refractivity contribution in [1.29, 1.82) is 0 Å². The van der Waals surface area contributed by atoms with Crippen LogP contribution in [-0.2, 0) is 6.54 Å². The molecule has 0 saturated heterocycles. The van der Waals surface area contributed by atoms with Crippen LogP contribution in [0.25, 0.3) is 11.1 Å². The monoisotopic (exact) mass is 316 g/mol. The van der Waals surface area contributed by atoms with Gasteiger partial charge in [-0.15, -0.1) is 11.3 Å². The largest absolute Gasteiger partial charge is 0.420 e. The molecule has 0 aliphatic carbocycles. The molecule has 0 aliphatic rings. The highest BCUT2D eigenvalue weighted by atomic mass is 32.1. The summed E-state index contributed by atoms with van der Waals surface area (Å²) in [6.07, 6.45) is 0. The lowest BCUT2D eigenvalue weighted by atomic mass is 10.0. The quantitative estimate of drug-likeness (QED) is 0.693. The minimum Gasteiger partial charge on any atom is -0.408 e. The molecule has 0 bridgehead atoms. The van der Waals surface area contributed by atoms with Crippen molar-refractivity contribution in [3.63, 3.8) is 0 Å². The second kappa shape index (κ2) is 5.53. The first-order chi connectivity index (χ1) is 10.5. The Balaban J connectivity index is 2.03. The van der Waals surface area contributed by atoms with Gasteiger partial charge in [-0.1, -0.05) is 13.8 Å². The minimum atomic E-state index is -0.435. The topological polar surface area (TPSA) is 65.1 Å². The van der Waals surface area contributed by atoms with Gasteiger partial charge in [-0.25, -0.2) is 9.78 Å². The zero-order valence-electron chi connectivity index (χ0n) is 12.6. The second-order valence-electron chi connectivity index (χ2n) is 5.51. The molecule has 0 amide bonds. The van der Waals surface area contributed by atoms with Gasteiger partial charge in [0.25, 0.3) is 0 Å². The number of benzene rings is 1. The zero-order chi connectivity index (χ0) is 15.9. The van der Waals surface area contributed by atoms with E-state index in [4.69, 9.17) is 4.42 Å². The predicted molar refractivity (Wildman–Crippen MR) is 85.6 cm³/mol. The Morgan fingerprint density at radius 2 is 2.18 bits per heavy atom. The highest BCUT2D eigenvalue weighted by molar-refractivity contribution is 7.09. The van der Waals surface area contributed by atoms with E-state index in [0.717, 1.165) is 10.7 Å². The van der Waals surface area contributed by atoms with Gasteiger partial charge in [0.1, 0.15) is 0 Å². The molecule has 3 aromatic rings. The van der Waals surface area contributed by atoms with E-state index in [1.807, 2.05) is 26.2 Å². The number of nitrogens with zero attached hydrogens (tertiary/aromatic N) is 2. The lowest BCUT2D eigenvalue weighted by Crippen LogP contribution is -2.15. The van der Waals surface area contributed by atoms with Crippen molar-refractivity contribution in [2.24, 2.45) is 5.92 Å². The Morgan fingerprint density at radius 3 is 2.82 bits per heavy atom. The summed E-state index contributed by atoms with van der Waals surface area (Å²) >= 11 is 1.55. The fourth-order valence-electron chi connectivity index (χ4n) is 2.35. The molecule has 2 aromatic heterocycles. The average molecular weight is 316 g/mol. The number of carbonyl (C=O) groups is 1. The second-order valence-corrected chi connectivity index (χ2v) is 6.58. The number of thiazole rings is 1. The number of aromatic nitrogens is 2. The molecule has 6 heteroatoms. The summed E-state index contributed by atoms with van der Waals surface area (Å²) in [7, 11) is 0. The summed E-state index contributed by atoms with van der Waals surface area (Å²) in [6.45, 7) is 5.98. The first kappa shape index (κ1) is 14.7. The number of oxazole rings is 1. The lowest BCUT2D eigenvalue weighted by Gasteiger charge is -2.04. The van der Waals surface area contributed by atoms with E-state index in [-0.39, 0.29) is 11.7 Å². The maximum absolute atomic E-state index is 12.1. The van der Waals surface area contributed by atoms with Crippen molar-refractivity contribution in [2.75, 3.05) is 0 Å². The van der Waals surface area contributed by atoms with E-state index in [9.17, 15) is 9.59 Å². The van der Waals surface area contributed by atoms with Crippen molar-refractivity contribution in [2.45, 2.75) is 27.3 Å². The van der Waals surface area contributed by atoms with Crippen molar-refractivity contribution >= 4 is 28.2 Å². The Labute approximate surface area is 131 Å². The van der Waals surface area contributed by atoms with Gasteiger partial charge in [-0.2, -0.15) is 0 Å². The Morgan fingerprint density at radius 1 is 1.41 bits per heavy atom. The van der Waals surface area contributed by atoms with Crippen LogP contribution in [0.3, 0.4) is 0 Å². The van der Waals surface area contributed by atoms with Gasteiger partial charge in [0.15, 0.2) is 11.4 Å². The molecule has 5 nitrogen and oxygen atoms in total. The summed E-state index contributed by atoms with van der Waals surface area (Å²) in [5.41, 5.74) is 2.50. The molecule has 0 radical (unpaired) electrons. The number of rotatable bonds is 4. The molecule has 1 aromatic carbocycles. The summed E-state index contributed by atoms with van der Waals surface area (Å²) in [4.78, 5) is 28.5. The standard InChI is InChI=1S/C16H16N2O3S/c1-9(2)15(19)11-4-5-13-14(6-11)21-16(20)18(13)7-12-8-22-10(3)17-12/h4-6,8-9H,7H2,1-3H3. The third-order valence-electron chi connectivity index (χ3n) is 3.46. The van der Waals surface area contributed by atoms with Crippen LogP contribution in [0.4, 0.5) is 0 Å². The number of carbonyl (C=O) groups excluding carboxylic acids is 1. The summed E-state index contributed by atoms with van der Waals surface area (Å²) in [5, 5.41) is 2.89. The molecular weight excluding hydrogens is 300 g/mol. The van der Waals surface area contributed by atoms with Crippen LogP contribution < -0.4 is 5.76 Å². The lowest BCUT2D eigenvalue weighted by molar-refractivity contribution is 0.0939. The van der Waals surface area contributed by atoms with Gasteiger partial charge in [-0.3, -0.25) is 9.36 Å². The van der Waals surface area contributed by atoms with Gasteiger partial charge < -0.3 is 4.42 Å². The Hall–Kier alpha value is -2.21. The predicted octanol–water partition coefficient (Wildman–Crippen LogP) is 3.25. The molecule has 3 rings (SSSR count). The van der Waals surface area contributed by atoms with E-state index in [2.05, 4.69) is 4.98 Å². The van der Waals surface area contributed by atoms with Gasteiger partial charge in [0, 0.05) is 16.9 Å². The van der Waals surface area contributed by atoms with E-state index in [1.165, 1.54) is 4.57 Å². The maximum atomic E-state index is 12.1. The first-order valence-electron chi connectivity index (χ1n) is 7.04. The highest BCUT2D eigenvalue weighted by Crippen LogP contribution is 2.19. The van der Waals surface area contributed by atoms with Crippen molar-refractivity contribution < 1.29 is 9.21 Å². The molecule has 114 valence electrons. The van der Waals surface area contributed by atoms with E-state index >= 15 is 0 Å². The van der Waals surface area contributed by atoms with Crippen LogP contribution in [0, 0.1) is 12.8 Å². The number of aryl methyl sites for hydroxylation is 1. The summed E-state index contributed by atoms with van der Waals surface area (Å²) in [6, 6.07) is 5.14. The third-order valence-corrected chi connectivity index (χ3v) is 4.29. The molecule has 0 atom stereocenters.